The molecule has 7 heteroatoms. The molecule has 1 atom stereocenters. The molecule has 1 saturated heterocycles. The molecule has 1 aromatic carbocycles. The van der Waals surface area contributed by atoms with Crippen LogP contribution in [0.5, 0.6) is 0 Å². The zero-order valence-electron chi connectivity index (χ0n) is 14.5. The lowest BCUT2D eigenvalue weighted by Crippen LogP contribution is -2.58. The van der Waals surface area contributed by atoms with Gasteiger partial charge in [-0.3, -0.25) is 9.69 Å². The lowest BCUT2D eigenvalue weighted by atomic mass is 9.87. The van der Waals surface area contributed by atoms with Gasteiger partial charge in [0.2, 0.25) is 11.9 Å². The van der Waals surface area contributed by atoms with Crippen LogP contribution in [0.25, 0.3) is 0 Å². The maximum absolute atomic E-state index is 12.4. The molecule has 0 saturated carbocycles. The third-order valence-electron chi connectivity index (χ3n) is 3.64. The van der Waals surface area contributed by atoms with Crippen LogP contribution in [-0.2, 0) is 15.1 Å². The zero-order chi connectivity index (χ0) is 18.1. The van der Waals surface area contributed by atoms with Crippen molar-refractivity contribution in [3.63, 3.8) is 0 Å². The minimum absolute atomic E-state index is 0.126. The summed E-state index contributed by atoms with van der Waals surface area (Å²) in [5, 5.41) is 3.20. The molecule has 1 aliphatic heterocycles. The number of rotatable bonds is 1. The fourth-order valence-electron chi connectivity index (χ4n) is 2.39. The molecule has 0 bridgehead atoms. The Balaban J connectivity index is 2.33. The van der Waals surface area contributed by atoms with Crippen LogP contribution in [0, 0.1) is 0 Å². The van der Waals surface area contributed by atoms with Crippen LogP contribution in [0.3, 0.4) is 0 Å². The smallest absolute Gasteiger partial charge is 0.437 e. The van der Waals surface area contributed by atoms with E-state index < -0.39 is 17.2 Å². The third-order valence-corrected chi connectivity index (χ3v) is 4.13. The molecule has 130 valence electrons. The number of hydrogen-bond donors (Lipinski definition) is 1. The SMILES string of the molecule is CN1C(=O)CC(C)(c2cccc(Br)c2)N/C1=N/C(=O)OC(C)(C)C. The van der Waals surface area contributed by atoms with E-state index in [1.807, 2.05) is 31.2 Å². The second-order valence-corrected chi connectivity index (χ2v) is 7.93. The molecule has 0 radical (unpaired) electrons. The first kappa shape index (κ1) is 18.4. The Kier molecular flexibility index (Phi) is 5.03. The number of halogens is 1. The van der Waals surface area contributed by atoms with Gasteiger partial charge in [0.1, 0.15) is 5.60 Å². The largest absolute Gasteiger partial charge is 0.442 e. The summed E-state index contributed by atoms with van der Waals surface area (Å²) in [5.41, 5.74) is -0.379. The van der Waals surface area contributed by atoms with E-state index in [-0.39, 0.29) is 18.3 Å². The normalized spacial score (nSPS) is 23.2. The van der Waals surface area contributed by atoms with Crippen molar-refractivity contribution in [1.29, 1.82) is 0 Å². The van der Waals surface area contributed by atoms with Gasteiger partial charge in [-0.2, -0.15) is 0 Å². The summed E-state index contributed by atoms with van der Waals surface area (Å²) in [6.07, 6.45) is -0.476. The molecular formula is C17H22BrN3O3. The predicted molar refractivity (Wildman–Crippen MR) is 95.7 cm³/mol. The van der Waals surface area contributed by atoms with E-state index in [9.17, 15) is 9.59 Å². The van der Waals surface area contributed by atoms with Crippen molar-refractivity contribution in [3.05, 3.63) is 34.3 Å². The summed E-state index contributed by atoms with van der Waals surface area (Å²) in [7, 11) is 1.58. The number of carbonyl (C=O) groups excluding carboxylic acids is 2. The molecule has 2 amide bonds. The first-order valence-corrected chi connectivity index (χ1v) is 8.42. The number of ether oxygens (including phenoxy) is 1. The van der Waals surface area contributed by atoms with Gasteiger partial charge in [0.15, 0.2) is 0 Å². The van der Waals surface area contributed by atoms with Crippen LogP contribution in [0.1, 0.15) is 39.7 Å². The number of guanidine groups is 1. The van der Waals surface area contributed by atoms with Crippen molar-refractivity contribution in [2.75, 3.05) is 7.05 Å². The zero-order valence-corrected chi connectivity index (χ0v) is 16.1. The maximum atomic E-state index is 12.4. The highest BCUT2D eigenvalue weighted by molar-refractivity contribution is 9.10. The molecule has 6 nitrogen and oxygen atoms in total. The van der Waals surface area contributed by atoms with Crippen molar-refractivity contribution in [2.45, 2.75) is 45.3 Å². The number of amides is 2. The lowest BCUT2D eigenvalue weighted by Gasteiger charge is -2.40. The average Bonchev–Trinajstić information content (AvgIpc) is 2.42. The van der Waals surface area contributed by atoms with Crippen LogP contribution >= 0.6 is 15.9 Å². The third kappa shape index (κ3) is 4.35. The van der Waals surface area contributed by atoms with E-state index in [0.29, 0.717) is 0 Å². The molecule has 0 spiro atoms. The molecule has 1 fully saturated rings. The van der Waals surface area contributed by atoms with Gasteiger partial charge in [-0.1, -0.05) is 28.1 Å². The molecule has 1 heterocycles. The van der Waals surface area contributed by atoms with Gasteiger partial charge in [0, 0.05) is 11.5 Å². The number of aliphatic imine (C=N–C) groups is 1. The van der Waals surface area contributed by atoms with Gasteiger partial charge in [-0.05, 0) is 45.4 Å². The molecule has 1 aliphatic rings. The summed E-state index contributed by atoms with van der Waals surface area (Å²) in [5.74, 6) is 0.0570. The molecule has 24 heavy (non-hydrogen) atoms. The maximum Gasteiger partial charge on any atom is 0.437 e. The van der Waals surface area contributed by atoms with Crippen LogP contribution < -0.4 is 5.32 Å². The van der Waals surface area contributed by atoms with Gasteiger partial charge in [-0.15, -0.1) is 4.99 Å². The first-order chi connectivity index (χ1) is 11.0. The highest BCUT2D eigenvalue weighted by Gasteiger charge is 2.39. The second kappa shape index (κ2) is 6.55. The van der Waals surface area contributed by atoms with Crippen LogP contribution in [0.2, 0.25) is 0 Å². The van der Waals surface area contributed by atoms with Crippen molar-refractivity contribution in [3.8, 4) is 0 Å². The lowest BCUT2D eigenvalue weighted by molar-refractivity contribution is -0.129. The number of benzene rings is 1. The van der Waals surface area contributed by atoms with Gasteiger partial charge < -0.3 is 10.1 Å². The van der Waals surface area contributed by atoms with E-state index in [1.165, 1.54) is 4.90 Å². The molecule has 2 rings (SSSR count). The van der Waals surface area contributed by atoms with E-state index >= 15 is 0 Å². The first-order valence-electron chi connectivity index (χ1n) is 7.63. The van der Waals surface area contributed by atoms with Gasteiger partial charge in [0.25, 0.3) is 0 Å². The Morgan fingerprint density at radius 1 is 1.42 bits per heavy atom. The van der Waals surface area contributed by atoms with Gasteiger partial charge >= 0.3 is 6.09 Å². The standard InChI is InChI=1S/C17H22BrN3O3/c1-16(2,3)24-15(23)19-14-20-17(4,10-13(22)21(14)5)11-7-6-8-12(18)9-11/h6-9H,10H2,1-5H3,(H,19,20,23). The summed E-state index contributed by atoms with van der Waals surface area (Å²) in [6, 6.07) is 7.69. The molecule has 0 aliphatic carbocycles. The number of nitrogens with zero attached hydrogens (tertiary/aromatic N) is 2. The van der Waals surface area contributed by atoms with E-state index in [2.05, 4.69) is 26.2 Å². The van der Waals surface area contributed by atoms with E-state index in [4.69, 9.17) is 4.74 Å². The van der Waals surface area contributed by atoms with Crippen molar-refractivity contribution < 1.29 is 14.3 Å². The Morgan fingerprint density at radius 3 is 2.67 bits per heavy atom. The van der Waals surface area contributed by atoms with Crippen molar-refractivity contribution in [2.24, 2.45) is 4.99 Å². The second-order valence-electron chi connectivity index (χ2n) is 7.01. The van der Waals surface area contributed by atoms with Crippen LogP contribution in [0.4, 0.5) is 4.79 Å². The number of nitrogens with one attached hydrogen (secondary N) is 1. The number of carbonyl (C=O) groups is 2. The van der Waals surface area contributed by atoms with Gasteiger partial charge in [-0.25, -0.2) is 4.79 Å². The summed E-state index contributed by atoms with van der Waals surface area (Å²) >= 11 is 3.44. The minimum Gasteiger partial charge on any atom is -0.442 e. The fraction of sp³-hybridized carbons (Fsp3) is 0.471. The van der Waals surface area contributed by atoms with Gasteiger partial charge in [0.05, 0.1) is 12.0 Å². The molecule has 1 unspecified atom stereocenters. The number of hydrogen-bond acceptors (Lipinski definition) is 3. The Hall–Kier alpha value is -1.89. The molecule has 1 N–H and O–H groups in total. The predicted octanol–water partition coefficient (Wildman–Crippen LogP) is 3.41. The quantitative estimate of drug-likeness (QED) is 0.790. The highest BCUT2D eigenvalue weighted by Crippen LogP contribution is 2.30. The molecule has 1 aromatic rings. The topological polar surface area (TPSA) is 71.0 Å². The monoisotopic (exact) mass is 395 g/mol. The highest BCUT2D eigenvalue weighted by atomic mass is 79.9. The van der Waals surface area contributed by atoms with Crippen LogP contribution in [-0.4, -0.2) is 35.5 Å². The Bertz CT molecular complexity index is 697. The fourth-order valence-corrected chi connectivity index (χ4v) is 2.79. The molecular weight excluding hydrogens is 374 g/mol. The van der Waals surface area contributed by atoms with Crippen LogP contribution in [0.15, 0.2) is 33.7 Å². The van der Waals surface area contributed by atoms with E-state index in [0.717, 1.165) is 10.0 Å². The Labute approximate surface area is 150 Å². The Morgan fingerprint density at radius 2 is 2.08 bits per heavy atom. The van der Waals surface area contributed by atoms with E-state index in [1.54, 1.807) is 27.8 Å². The summed E-state index contributed by atoms with van der Waals surface area (Å²) in [4.78, 5) is 29.6. The summed E-state index contributed by atoms with van der Waals surface area (Å²) < 4.78 is 6.12. The van der Waals surface area contributed by atoms with Crippen molar-refractivity contribution in [1.82, 2.24) is 10.2 Å². The summed E-state index contributed by atoms with van der Waals surface area (Å²) in [6.45, 7) is 7.20. The minimum atomic E-state index is -0.733. The molecule has 0 aromatic heterocycles. The average molecular weight is 396 g/mol. The van der Waals surface area contributed by atoms with Crippen molar-refractivity contribution >= 4 is 33.9 Å².